The van der Waals surface area contributed by atoms with E-state index < -0.39 is 0 Å². The van der Waals surface area contributed by atoms with Crippen LogP contribution in [0.2, 0.25) is 0 Å². The molecule has 3 rings (SSSR count). The number of para-hydroxylation sites is 1. The van der Waals surface area contributed by atoms with Crippen molar-refractivity contribution in [1.29, 1.82) is 5.26 Å². The Labute approximate surface area is 99.5 Å². The minimum Gasteiger partial charge on any atom is -0.355 e. The van der Waals surface area contributed by atoms with E-state index in [1.165, 1.54) is 10.8 Å². The molecule has 2 heteroatoms. The lowest BCUT2D eigenvalue weighted by molar-refractivity contribution is 0.984. The summed E-state index contributed by atoms with van der Waals surface area (Å²) in [6, 6.07) is 16.7. The SMILES string of the molecule is CC(C#N)c1ccc2c(c1)[nH]c1ccccc12. The first-order chi connectivity index (χ1) is 8.29. The van der Waals surface area contributed by atoms with Crippen LogP contribution in [0.1, 0.15) is 18.4 Å². The summed E-state index contributed by atoms with van der Waals surface area (Å²) < 4.78 is 0. The van der Waals surface area contributed by atoms with E-state index in [0.29, 0.717) is 0 Å². The molecule has 1 atom stereocenters. The minimum absolute atomic E-state index is 0.0641. The molecule has 0 saturated carbocycles. The number of nitriles is 1. The van der Waals surface area contributed by atoms with E-state index in [4.69, 9.17) is 5.26 Å². The molecule has 0 bridgehead atoms. The van der Waals surface area contributed by atoms with Crippen LogP contribution in [0.5, 0.6) is 0 Å². The maximum atomic E-state index is 8.94. The third-order valence-electron chi connectivity index (χ3n) is 3.22. The highest BCUT2D eigenvalue weighted by Gasteiger charge is 2.07. The Bertz CT molecular complexity index is 731. The van der Waals surface area contributed by atoms with Crippen LogP contribution >= 0.6 is 0 Å². The fourth-order valence-corrected chi connectivity index (χ4v) is 2.22. The summed E-state index contributed by atoms with van der Waals surface area (Å²) in [5, 5.41) is 11.4. The highest BCUT2D eigenvalue weighted by atomic mass is 14.7. The number of H-pyrrole nitrogens is 1. The van der Waals surface area contributed by atoms with Crippen LogP contribution in [-0.4, -0.2) is 4.98 Å². The van der Waals surface area contributed by atoms with E-state index >= 15 is 0 Å². The van der Waals surface area contributed by atoms with Crippen molar-refractivity contribution in [2.24, 2.45) is 0 Å². The zero-order valence-electron chi connectivity index (χ0n) is 9.57. The summed E-state index contributed by atoms with van der Waals surface area (Å²) in [7, 11) is 0. The Balaban J connectivity index is 2.31. The highest BCUT2D eigenvalue weighted by molar-refractivity contribution is 6.07. The van der Waals surface area contributed by atoms with E-state index in [2.05, 4.69) is 35.3 Å². The van der Waals surface area contributed by atoms with Gasteiger partial charge in [0, 0.05) is 21.8 Å². The lowest BCUT2D eigenvalue weighted by Crippen LogP contribution is -1.88. The van der Waals surface area contributed by atoms with E-state index in [9.17, 15) is 0 Å². The minimum atomic E-state index is -0.0641. The zero-order chi connectivity index (χ0) is 11.8. The van der Waals surface area contributed by atoms with Gasteiger partial charge in [-0.3, -0.25) is 0 Å². The number of hydrogen-bond donors (Lipinski definition) is 1. The molecule has 1 aromatic heterocycles. The number of fused-ring (bicyclic) bond motifs is 3. The van der Waals surface area contributed by atoms with Gasteiger partial charge in [-0.15, -0.1) is 0 Å². The average Bonchev–Trinajstić information content (AvgIpc) is 2.75. The first-order valence-electron chi connectivity index (χ1n) is 5.69. The molecule has 1 heterocycles. The fraction of sp³-hybridized carbons (Fsp3) is 0.133. The van der Waals surface area contributed by atoms with Crippen molar-refractivity contribution < 1.29 is 0 Å². The summed E-state index contributed by atoms with van der Waals surface area (Å²) in [5.41, 5.74) is 3.31. The number of nitrogens with zero attached hydrogens (tertiary/aromatic N) is 1. The maximum Gasteiger partial charge on any atom is 0.0700 e. The van der Waals surface area contributed by atoms with Gasteiger partial charge in [0.05, 0.1) is 12.0 Å². The first-order valence-corrected chi connectivity index (χ1v) is 5.69. The number of benzene rings is 2. The fourth-order valence-electron chi connectivity index (χ4n) is 2.22. The van der Waals surface area contributed by atoms with Gasteiger partial charge in [0.1, 0.15) is 0 Å². The number of rotatable bonds is 1. The smallest absolute Gasteiger partial charge is 0.0700 e. The second-order valence-electron chi connectivity index (χ2n) is 4.33. The molecule has 0 aliphatic heterocycles. The summed E-state index contributed by atoms with van der Waals surface area (Å²) in [6.45, 7) is 1.92. The molecular formula is C15H12N2. The molecule has 2 nitrogen and oxygen atoms in total. The normalized spacial score (nSPS) is 12.7. The number of aromatic amines is 1. The van der Waals surface area contributed by atoms with E-state index in [1.54, 1.807) is 0 Å². The van der Waals surface area contributed by atoms with Gasteiger partial charge in [0.15, 0.2) is 0 Å². The topological polar surface area (TPSA) is 39.6 Å². The summed E-state index contributed by atoms with van der Waals surface area (Å²) in [4.78, 5) is 3.39. The number of aromatic nitrogens is 1. The van der Waals surface area contributed by atoms with Crippen LogP contribution in [0.25, 0.3) is 21.8 Å². The lowest BCUT2D eigenvalue weighted by Gasteiger charge is -2.02. The quantitative estimate of drug-likeness (QED) is 0.662. The van der Waals surface area contributed by atoms with Gasteiger partial charge in [-0.2, -0.15) is 5.26 Å². The third kappa shape index (κ3) is 1.48. The predicted molar refractivity (Wildman–Crippen MR) is 69.8 cm³/mol. The van der Waals surface area contributed by atoms with Crippen molar-refractivity contribution in [3.8, 4) is 6.07 Å². The van der Waals surface area contributed by atoms with Gasteiger partial charge in [0.25, 0.3) is 0 Å². The van der Waals surface area contributed by atoms with Crippen LogP contribution in [0.4, 0.5) is 0 Å². The molecule has 1 N–H and O–H groups in total. The maximum absolute atomic E-state index is 8.94. The molecule has 0 radical (unpaired) electrons. The second-order valence-corrected chi connectivity index (χ2v) is 4.33. The lowest BCUT2D eigenvalue weighted by atomic mass is 10.0. The van der Waals surface area contributed by atoms with E-state index in [1.807, 2.05) is 25.1 Å². The Hall–Kier alpha value is -2.27. The Morgan fingerprint density at radius 1 is 1.06 bits per heavy atom. The monoisotopic (exact) mass is 220 g/mol. The van der Waals surface area contributed by atoms with Gasteiger partial charge in [-0.05, 0) is 24.6 Å². The van der Waals surface area contributed by atoms with Crippen molar-refractivity contribution in [3.05, 3.63) is 48.0 Å². The molecule has 2 aromatic carbocycles. The molecule has 0 amide bonds. The van der Waals surface area contributed by atoms with Crippen LogP contribution < -0.4 is 0 Å². The molecule has 0 spiro atoms. The second kappa shape index (κ2) is 3.64. The van der Waals surface area contributed by atoms with Crippen LogP contribution in [-0.2, 0) is 0 Å². The van der Waals surface area contributed by atoms with E-state index in [-0.39, 0.29) is 5.92 Å². The Morgan fingerprint density at radius 3 is 2.65 bits per heavy atom. The molecule has 82 valence electrons. The molecular weight excluding hydrogens is 208 g/mol. The van der Waals surface area contributed by atoms with Gasteiger partial charge in [-0.1, -0.05) is 30.3 Å². The summed E-state index contributed by atoms with van der Waals surface area (Å²) in [5.74, 6) is -0.0641. The predicted octanol–water partition coefficient (Wildman–Crippen LogP) is 3.95. The van der Waals surface area contributed by atoms with Crippen molar-refractivity contribution in [1.82, 2.24) is 4.98 Å². The average molecular weight is 220 g/mol. The standard InChI is InChI=1S/C15H12N2/c1-10(9-16)11-6-7-13-12-4-2-3-5-14(12)17-15(13)8-11/h2-8,10,17H,1H3. The van der Waals surface area contributed by atoms with Gasteiger partial charge in [0.2, 0.25) is 0 Å². The summed E-state index contributed by atoms with van der Waals surface area (Å²) >= 11 is 0. The molecule has 3 aromatic rings. The Morgan fingerprint density at radius 2 is 1.82 bits per heavy atom. The Kier molecular flexibility index (Phi) is 2.12. The molecule has 0 fully saturated rings. The molecule has 0 aliphatic rings. The third-order valence-corrected chi connectivity index (χ3v) is 3.22. The summed E-state index contributed by atoms with van der Waals surface area (Å²) in [6.07, 6.45) is 0. The van der Waals surface area contributed by atoms with E-state index in [0.717, 1.165) is 16.6 Å². The van der Waals surface area contributed by atoms with Gasteiger partial charge < -0.3 is 4.98 Å². The van der Waals surface area contributed by atoms with Crippen molar-refractivity contribution >= 4 is 21.8 Å². The van der Waals surface area contributed by atoms with Gasteiger partial charge in [-0.25, -0.2) is 0 Å². The van der Waals surface area contributed by atoms with Crippen molar-refractivity contribution in [3.63, 3.8) is 0 Å². The van der Waals surface area contributed by atoms with Crippen LogP contribution in [0.15, 0.2) is 42.5 Å². The molecule has 0 aliphatic carbocycles. The van der Waals surface area contributed by atoms with Crippen LogP contribution in [0.3, 0.4) is 0 Å². The van der Waals surface area contributed by atoms with Crippen LogP contribution in [0, 0.1) is 11.3 Å². The first kappa shape index (κ1) is 9.92. The molecule has 0 saturated heterocycles. The number of hydrogen-bond acceptors (Lipinski definition) is 1. The molecule has 1 unspecified atom stereocenters. The van der Waals surface area contributed by atoms with Crippen molar-refractivity contribution in [2.45, 2.75) is 12.8 Å². The zero-order valence-corrected chi connectivity index (χ0v) is 9.57. The highest BCUT2D eigenvalue weighted by Crippen LogP contribution is 2.27. The largest absolute Gasteiger partial charge is 0.355 e. The number of nitrogens with one attached hydrogen (secondary N) is 1. The molecule has 17 heavy (non-hydrogen) atoms. The van der Waals surface area contributed by atoms with Gasteiger partial charge >= 0.3 is 0 Å². The van der Waals surface area contributed by atoms with Crippen molar-refractivity contribution in [2.75, 3.05) is 0 Å².